The summed E-state index contributed by atoms with van der Waals surface area (Å²) in [5.74, 6) is 0.436. The molecule has 0 radical (unpaired) electrons. The molecule has 0 aromatic heterocycles. The van der Waals surface area contributed by atoms with Gasteiger partial charge in [-0.2, -0.15) is 0 Å². The molecule has 0 saturated heterocycles. The van der Waals surface area contributed by atoms with Crippen LogP contribution in [0.3, 0.4) is 0 Å². The molecule has 0 saturated carbocycles. The second-order valence-corrected chi connectivity index (χ2v) is 8.18. The van der Waals surface area contributed by atoms with Crippen molar-refractivity contribution in [1.29, 1.82) is 0 Å². The minimum atomic E-state index is -0.0150. The number of rotatable bonds is 8. The number of nitrogens with one attached hydrogen (secondary N) is 2. The standard InChI is InChI=1S/C17H36N2O/c1-13(2)15(20)14(19-17(6,7)8)11-9-10-12-18-16(3,4)5/h13-14,18-19H,9-12H2,1-8H3/t14-/m0/s1. The Hall–Kier alpha value is -0.410. The van der Waals surface area contributed by atoms with Gasteiger partial charge in [0.2, 0.25) is 0 Å². The number of ketones is 1. The van der Waals surface area contributed by atoms with Gasteiger partial charge in [0, 0.05) is 17.0 Å². The van der Waals surface area contributed by atoms with E-state index in [1.54, 1.807) is 0 Å². The Morgan fingerprint density at radius 1 is 0.950 bits per heavy atom. The Kier molecular flexibility index (Phi) is 7.97. The van der Waals surface area contributed by atoms with E-state index < -0.39 is 0 Å². The predicted octanol–water partition coefficient (Wildman–Crippen LogP) is 3.53. The number of carbonyl (C=O) groups is 1. The molecule has 0 bridgehead atoms. The fourth-order valence-corrected chi connectivity index (χ4v) is 2.15. The first-order valence-electron chi connectivity index (χ1n) is 7.99. The van der Waals surface area contributed by atoms with Gasteiger partial charge in [-0.05, 0) is 60.9 Å². The molecule has 0 rings (SSSR count). The minimum Gasteiger partial charge on any atom is -0.312 e. The Labute approximate surface area is 126 Å². The van der Waals surface area contributed by atoms with Crippen LogP contribution in [-0.2, 0) is 4.79 Å². The number of Topliss-reactive ketones (excluding diaryl/α,β-unsaturated/α-hetero) is 1. The lowest BCUT2D eigenvalue weighted by molar-refractivity contribution is -0.124. The first-order chi connectivity index (χ1) is 8.92. The molecule has 0 aliphatic rings. The van der Waals surface area contributed by atoms with E-state index in [0.29, 0.717) is 5.78 Å². The SMILES string of the molecule is CC(C)C(=O)[C@H](CCCCNC(C)(C)C)NC(C)(C)C. The summed E-state index contributed by atoms with van der Waals surface area (Å²) in [4.78, 5) is 12.3. The molecule has 0 unspecified atom stereocenters. The number of hydrogen-bond donors (Lipinski definition) is 2. The number of hydrogen-bond acceptors (Lipinski definition) is 3. The number of unbranched alkanes of at least 4 members (excludes halogenated alkanes) is 1. The maximum absolute atomic E-state index is 12.3. The van der Waals surface area contributed by atoms with Crippen LogP contribution in [0.5, 0.6) is 0 Å². The van der Waals surface area contributed by atoms with Crippen molar-refractivity contribution in [2.45, 2.75) is 91.8 Å². The van der Waals surface area contributed by atoms with Crippen LogP contribution in [0.2, 0.25) is 0 Å². The Bertz CT molecular complexity index is 284. The monoisotopic (exact) mass is 284 g/mol. The molecule has 0 fully saturated rings. The van der Waals surface area contributed by atoms with Crippen molar-refractivity contribution in [2.75, 3.05) is 6.54 Å². The molecule has 2 N–H and O–H groups in total. The average Bonchev–Trinajstić information content (AvgIpc) is 2.22. The summed E-state index contributed by atoms with van der Waals surface area (Å²) in [6.07, 6.45) is 3.13. The maximum atomic E-state index is 12.3. The molecule has 0 aromatic carbocycles. The lowest BCUT2D eigenvalue weighted by Crippen LogP contribution is -2.49. The predicted molar refractivity (Wildman–Crippen MR) is 88.1 cm³/mol. The summed E-state index contributed by atoms with van der Waals surface area (Å²) < 4.78 is 0. The van der Waals surface area contributed by atoms with E-state index in [1.807, 2.05) is 13.8 Å². The second-order valence-electron chi connectivity index (χ2n) is 8.18. The lowest BCUT2D eigenvalue weighted by Gasteiger charge is -2.29. The fourth-order valence-electron chi connectivity index (χ4n) is 2.15. The zero-order chi connectivity index (χ0) is 16.0. The van der Waals surface area contributed by atoms with Crippen LogP contribution in [0.25, 0.3) is 0 Å². The van der Waals surface area contributed by atoms with Gasteiger partial charge < -0.3 is 10.6 Å². The summed E-state index contributed by atoms with van der Waals surface area (Å²) in [7, 11) is 0. The zero-order valence-corrected chi connectivity index (χ0v) is 14.9. The molecule has 0 heterocycles. The van der Waals surface area contributed by atoms with E-state index in [-0.39, 0.29) is 23.0 Å². The van der Waals surface area contributed by atoms with E-state index in [9.17, 15) is 4.79 Å². The van der Waals surface area contributed by atoms with Crippen molar-refractivity contribution in [3.8, 4) is 0 Å². The normalized spacial score (nSPS) is 14.7. The molecule has 120 valence electrons. The molecular weight excluding hydrogens is 248 g/mol. The van der Waals surface area contributed by atoms with Crippen molar-refractivity contribution in [3.05, 3.63) is 0 Å². The van der Waals surface area contributed by atoms with Crippen LogP contribution in [-0.4, -0.2) is 29.4 Å². The second kappa shape index (κ2) is 8.14. The van der Waals surface area contributed by atoms with E-state index >= 15 is 0 Å². The molecule has 0 aliphatic heterocycles. The molecule has 0 amide bonds. The van der Waals surface area contributed by atoms with Gasteiger partial charge in [0.25, 0.3) is 0 Å². The Morgan fingerprint density at radius 2 is 1.50 bits per heavy atom. The zero-order valence-electron chi connectivity index (χ0n) is 14.9. The summed E-state index contributed by atoms with van der Waals surface area (Å²) in [5.41, 5.74) is 0.162. The highest BCUT2D eigenvalue weighted by Gasteiger charge is 2.24. The smallest absolute Gasteiger partial charge is 0.152 e. The summed E-state index contributed by atoms with van der Waals surface area (Å²) in [6.45, 7) is 17.9. The maximum Gasteiger partial charge on any atom is 0.152 e. The van der Waals surface area contributed by atoms with Crippen LogP contribution >= 0.6 is 0 Å². The largest absolute Gasteiger partial charge is 0.312 e. The molecule has 3 nitrogen and oxygen atoms in total. The van der Waals surface area contributed by atoms with Crippen molar-refractivity contribution in [3.63, 3.8) is 0 Å². The van der Waals surface area contributed by atoms with Crippen LogP contribution in [0, 0.1) is 5.92 Å². The fraction of sp³-hybridized carbons (Fsp3) is 0.941. The van der Waals surface area contributed by atoms with Crippen LogP contribution in [0.4, 0.5) is 0 Å². The summed E-state index contributed by atoms with van der Waals surface area (Å²) in [6, 6.07) is -0.00960. The van der Waals surface area contributed by atoms with Gasteiger partial charge in [0.05, 0.1) is 6.04 Å². The quantitative estimate of drug-likeness (QED) is 0.670. The third-order valence-electron chi connectivity index (χ3n) is 3.09. The van der Waals surface area contributed by atoms with Gasteiger partial charge in [-0.3, -0.25) is 4.79 Å². The Morgan fingerprint density at radius 3 is 1.90 bits per heavy atom. The number of carbonyl (C=O) groups excluding carboxylic acids is 1. The average molecular weight is 284 g/mol. The van der Waals surface area contributed by atoms with E-state index in [4.69, 9.17) is 0 Å². The molecule has 3 heteroatoms. The summed E-state index contributed by atoms with van der Waals surface area (Å²) in [5, 5.41) is 6.97. The van der Waals surface area contributed by atoms with Crippen molar-refractivity contribution < 1.29 is 4.79 Å². The lowest BCUT2D eigenvalue weighted by atomic mass is 9.94. The Balaban J connectivity index is 4.21. The van der Waals surface area contributed by atoms with Gasteiger partial charge >= 0.3 is 0 Å². The molecule has 0 spiro atoms. The van der Waals surface area contributed by atoms with Crippen molar-refractivity contribution in [1.82, 2.24) is 10.6 Å². The minimum absolute atomic E-state index is 0.00960. The van der Waals surface area contributed by atoms with Gasteiger partial charge in [-0.1, -0.05) is 20.3 Å². The van der Waals surface area contributed by atoms with Gasteiger partial charge in [0.1, 0.15) is 0 Å². The van der Waals surface area contributed by atoms with Crippen LogP contribution in [0.15, 0.2) is 0 Å². The van der Waals surface area contributed by atoms with E-state index in [0.717, 1.165) is 25.8 Å². The van der Waals surface area contributed by atoms with Gasteiger partial charge in [-0.25, -0.2) is 0 Å². The highest BCUT2D eigenvalue weighted by molar-refractivity contribution is 5.85. The molecule has 1 atom stereocenters. The molecule has 20 heavy (non-hydrogen) atoms. The summed E-state index contributed by atoms with van der Waals surface area (Å²) >= 11 is 0. The third kappa shape index (κ3) is 10.4. The first-order valence-corrected chi connectivity index (χ1v) is 7.99. The van der Waals surface area contributed by atoms with E-state index in [1.165, 1.54) is 0 Å². The van der Waals surface area contributed by atoms with Gasteiger partial charge in [-0.15, -0.1) is 0 Å². The van der Waals surface area contributed by atoms with E-state index in [2.05, 4.69) is 52.2 Å². The molecule has 0 aromatic rings. The van der Waals surface area contributed by atoms with Crippen LogP contribution in [0.1, 0.15) is 74.7 Å². The highest BCUT2D eigenvalue weighted by Crippen LogP contribution is 2.12. The van der Waals surface area contributed by atoms with Gasteiger partial charge in [0.15, 0.2) is 5.78 Å². The highest BCUT2D eigenvalue weighted by atomic mass is 16.1. The first kappa shape index (κ1) is 19.6. The van der Waals surface area contributed by atoms with Crippen molar-refractivity contribution >= 4 is 5.78 Å². The third-order valence-corrected chi connectivity index (χ3v) is 3.09. The molecular formula is C17H36N2O. The van der Waals surface area contributed by atoms with Crippen LogP contribution < -0.4 is 10.6 Å². The topological polar surface area (TPSA) is 41.1 Å². The van der Waals surface area contributed by atoms with Crippen molar-refractivity contribution in [2.24, 2.45) is 5.92 Å². The molecule has 0 aliphatic carbocycles.